The van der Waals surface area contributed by atoms with Crippen molar-refractivity contribution in [1.82, 2.24) is 0 Å². The molecule has 1 unspecified atom stereocenters. The molecule has 0 spiro atoms. The highest BCUT2D eigenvalue weighted by atomic mass is 32.1. The molecule has 0 fully saturated rings. The predicted octanol–water partition coefficient (Wildman–Crippen LogP) is 4.84. The number of fused-ring (bicyclic) bond motifs is 1. The zero-order valence-corrected chi connectivity index (χ0v) is 16.1. The number of carbonyl (C=O) groups is 2. The highest BCUT2D eigenvalue weighted by Crippen LogP contribution is 2.32. The highest BCUT2D eigenvalue weighted by Gasteiger charge is 2.22. The van der Waals surface area contributed by atoms with Crippen LogP contribution in [0.5, 0.6) is 0 Å². The third-order valence-corrected chi connectivity index (χ3v) is 6.04. The molecule has 3 nitrogen and oxygen atoms in total. The Morgan fingerprint density at radius 2 is 1.84 bits per heavy atom. The molecule has 132 valence electrons. The number of carbonyl (C=O) groups excluding carboxylic acids is 2. The minimum atomic E-state index is -0.386. The van der Waals surface area contributed by atoms with E-state index in [9.17, 15) is 9.59 Å². The normalized spacial score (nSPS) is 16.4. The van der Waals surface area contributed by atoms with Crippen molar-refractivity contribution in [2.75, 3.05) is 6.61 Å². The summed E-state index contributed by atoms with van der Waals surface area (Å²) in [6, 6.07) is 5.91. The first-order valence-corrected chi connectivity index (χ1v) is 9.56. The summed E-state index contributed by atoms with van der Waals surface area (Å²) in [6.07, 6.45) is 3.24. The van der Waals surface area contributed by atoms with E-state index in [0.29, 0.717) is 16.4 Å². The average Bonchev–Trinajstić information content (AvgIpc) is 2.94. The van der Waals surface area contributed by atoms with Crippen LogP contribution in [0.2, 0.25) is 0 Å². The lowest BCUT2D eigenvalue weighted by atomic mass is 9.90. The summed E-state index contributed by atoms with van der Waals surface area (Å²) in [7, 11) is 0. The Bertz CT molecular complexity index is 809. The van der Waals surface area contributed by atoms with Crippen molar-refractivity contribution in [2.24, 2.45) is 5.92 Å². The van der Waals surface area contributed by atoms with Crippen LogP contribution in [0.15, 0.2) is 18.2 Å². The number of ether oxygens (including phenoxy) is 1. The molecule has 0 radical (unpaired) electrons. The van der Waals surface area contributed by atoms with Crippen LogP contribution in [0.25, 0.3) is 0 Å². The van der Waals surface area contributed by atoms with Crippen molar-refractivity contribution in [3.05, 3.63) is 55.8 Å². The van der Waals surface area contributed by atoms with Gasteiger partial charge in [0.25, 0.3) is 0 Å². The van der Waals surface area contributed by atoms with E-state index in [1.807, 2.05) is 39.0 Å². The lowest BCUT2D eigenvalue weighted by Crippen LogP contribution is -2.16. The number of rotatable bonds is 4. The van der Waals surface area contributed by atoms with E-state index in [0.717, 1.165) is 29.5 Å². The van der Waals surface area contributed by atoms with Crippen molar-refractivity contribution in [3.8, 4) is 0 Å². The number of hydrogen-bond donors (Lipinski definition) is 0. The molecule has 0 amide bonds. The first-order chi connectivity index (χ1) is 11.8. The molecule has 3 rings (SSSR count). The number of hydrogen-bond acceptors (Lipinski definition) is 4. The Kier molecular flexibility index (Phi) is 5.09. The third kappa shape index (κ3) is 3.84. The van der Waals surface area contributed by atoms with Crippen LogP contribution in [-0.2, 0) is 17.6 Å². The summed E-state index contributed by atoms with van der Waals surface area (Å²) in [5, 5.41) is 0. The van der Waals surface area contributed by atoms with Gasteiger partial charge in [0.05, 0.1) is 0 Å². The molecule has 0 bridgehead atoms. The molecule has 25 heavy (non-hydrogen) atoms. The molecule has 0 N–H and O–H groups in total. The van der Waals surface area contributed by atoms with Crippen LogP contribution in [0, 0.1) is 26.7 Å². The van der Waals surface area contributed by atoms with Gasteiger partial charge in [-0.3, -0.25) is 4.79 Å². The minimum Gasteiger partial charge on any atom is -0.453 e. The first kappa shape index (κ1) is 17.9. The SMILES string of the molecule is Cc1cc(C)c(C(=O)COC(=O)c2cc3c(s2)CCC(C)C3)c(C)c1. The van der Waals surface area contributed by atoms with Gasteiger partial charge in [-0.25, -0.2) is 4.79 Å². The van der Waals surface area contributed by atoms with Crippen LogP contribution in [0.1, 0.15) is 60.5 Å². The van der Waals surface area contributed by atoms with Gasteiger partial charge in [-0.2, -0.15) is 0 Å². The molecular weight excluding hydrogens is 332 g/mol. The maximum atomic E-state index is 12.5. The molecule has 1 aromatic heterocycles. The van der Waals surface area contributed by atoms with Gasteiger partial charge in [0.2, 0.25) is 5.78 Å². The maximum Gasteiger partial charge on any atom is 0.348 e. The summed E-state index contributed by atoms with van der Waals surface area (Å²) in [4.78, 5) is 26.7. The molecule has 4 heteroatoms. The molecule has 1 aliphatic carbocycles. The van der Waals surface area contributed by atoms with Gasteiger partial charge in [0.15, 0.2) is 6.61 Å². The fraction of sp³-hybridized carbons (Fsp3) is 0.429. The van der Waals surface area contributed by atoms with Crippen molar-refractivity contribution >= 4 is 23.1 Å². The Morgan fingerprint density at radius 1 is 1.16 bits per heavy atom. The van der Waals surface area contributed by atoms with E-state index >= 15 is 0 Å². The van der Waals surface area contributed by atoms with Gasteiger partial charge in [0.1, 0.15) is 4.88 Å². The Labute approximate surface area is 153 Å². The standard InChI is InChI=1S/C21H24O3S/c1-12-5-6-18-16(9-12)10-19(25-18)21(23)24-11-17(22)20-14(3)7-13(2)8-15(20)4/h7-8,10,12H,5-6,9,11H2,1-4H3. The predicted molar refractivity (Wildman–Crippen MR) is 101 cm³/mol. The molecule has 0 aliphatic heterocycles. The Hall–Kier alpha value is -1.94. The topological polar surface area (TPSA) is 43.4 Å². The number of thiophene rings is 1. The fourth-order valence-corrected chi connectivity index (χ4v) is 4.80. The Morgan fingerprint density at radius 3 is 2.52 bits per heavy atom. The van der Waals surface area contributed by atoms with Crippen LogP contribution >= 0.6 is 11.3 Å². The number of aryl methyl sites for hydroxylation is 4. The monoisotopic (exact) mass is 356 g/mol. The first-order valence-electron chi connectivity index (χ1n) is 8.75. The smallest absolute Gasteiger partial charge is 0.348 e. The molecule has 1 atom stereocenters. The minimum absolute atomic E-state index is 0.140. The second-order valence-electron chi connectivity index (χ2n) is 7.18. The largest absolute Gasteiger partial charge is 0.453 e. The van der Waals surface area contributed by atoms with Gasteiger partial charge in [-0.15, -0.1) is 11.3 Å². The van der Waals surface area contributed by atoms with Gasteiger partial charge in [0, 0.05) is 10.4 Å². The maximum absolute atomic E-state index is 12.5. The van der Waals surface area contributed by atoms with Crippen LogP contribution in [0.3, 0.4) is 0 Å². The number of Topliss-reactive ketones (excluding diaryl/α,β-unsaturated/α-hetero) is 1. The van der Waals surface area contributed by atoms with Crippen molar-refractivity contribution in [3.63, 3.8) is 0 Å². The quantitative estimate of drug-likeness (QED) is 0.582. The van der Waals surface area contributed by atoms with Crippen LogP contribution in [0.4, 0.5) is 0 Å². The summed E-state index contributed by atoms with van der Waals surface area (Å²) in [6.45, 7) is 7.88. The number of benzene rings is 1. The van der Waals surface area contributed by atoms with E-state index in [4.69, 9.17) is 4.74 Å². The lowest BCUT2D eigenvalue weighted by molar-refractivity contribution is 0.0479. The highest BCUT2D eigenvalue weighted by molar-refractivity contribution is 7.14. The van der Waals surface area contributed by atoms with Crippen molar-refractivity contribution < 1.29 is 14.3 Å². The van der Waals surface area contributed by atoms with E-state index in [2.05, 4.69) is 6.92 Å². The number of ketones is 1. The van der Waals surface area contributed by atoms with Gasteiger partial charge < -0.3 is 4.74 Å². The van der Waals surface area contributed by atoms with E-state index < -0.39 is 0 Å². The van der Waals surface area contributed by atoms with E-state index in [1.165, 1.54) is 28.2 Å². The van der Waals surface area contributed by atoms with Gasteiger partial charge >= 0.3 is 5.97 Å². The number of esters is 1. The van der Waals surface area contributed by atoms with Crippen molar-refractivity contribution in [2.45, 2.75) is 47.0 Å². The fourth-order valence-electron chi connectivity index (χ4n) is 3.70. The van der Waals surface area contributed by atoms with E-state index in [1.54, 1.807) is 0 Å². The van der Waals surface area contributed by atoms with Gasteiger partial charge in [-0.05, 0) is 68.7 Å². The van der Waals surface area contributed by atoms with Crippen LogP contribution in [-0.4, -0.2) is 18.4 Å². The molecule has 1 aliphatic rings. The average molecular weight is 356 g/mol. The second-order valence-corrected chi connectivity index (χ2v) is 8.32. The molecule has 1 heterocycles. The Balaban J connectivity index is 1.68. The molecule has 0 saturated heterocycles. The summed E-state index contributed by atoms with van der Waals surface area (Å²) in [5.74, 6) is 0.140. The van der Waals surface area contributed by atoms with Crippen molar-refractivity contribution in [1.29, 1.82) is 0 Å². The summed E-state index contributed by atoms with van der Waals surface area (Å²) < 4.78 is 5.31. The van der Waals surface area contributed by atoms with Crippen LogP contribution < -0.4 is 0 Å². The molecule has 0 saturated carbocycles. The second kappa shape index (κ2) is 7.12. The third-order valence-electron chi connectivity index (χ3n) is 4.82. The van der Waals surface area contributed by atoms with E-state index in [-0.39, 0.29) is 18.4 Å². The zero-order chi connectivity index (χ0) is 18.1. The van der Waals surface area contributed by atoms with Gasteiger partial charge in [-0.1, -0.05) is 24.6 Å². The summed E-state index contributed by atoms with van der Waals surface area (Å²) >= 11 is 1.52. The zero-order valence-electron chi connectivity index (χ0n) is 15.3. The molecule has 2 aromatic rings. The summed E-state index contributed by atoms with van der Waals surface area (Å²) in [5.41, 5.74) is 4.92. The molecular formula is C21H24O3S. The molecule has 1 aromatic carbocycles. The lowest BCUT2D eigenvalue weighted by Gasteiger charge is -2.16.